The Morgan fingerprint density at radius 3 is 2.67 bits per heavy atom. The van der Waals surface area contributed by atoms with Gasteiger partial charge in [0, 0.05) is 34.9 Å². The van der Waals surface area contributed by atoms with Crippen molar-refractivity contribution in [2.45, 2.75) is 18.9 Å². The summed E-state index contributed by atoms with van der Waals surface area (Å²) in [5.41, 5.74) is 2.33. The van der Waals surface area contributed by atoms with Crippen LogP contribution in [0.3, 0.4) is 0 Å². The highest BCUT2D eigenvalue weighted by Crippen LogP contribution is 2.29. The number of sulfonamides is 1. The molecule has 0 bridgehead atoms. The number of piperidine rings is 1. The Bertz CT molecular complexity index is 893. The minimum absolute atomic E-state index is 0.178. The van der Waals surface area contributed by atoms with Gasteiger partial charge in [-0.1, -0.05) is 22.0 Å². The molecule has 1 aliphatic heterocycles. The number of benzene rings is 1. The van der Waals surface area contributed by atoms with Gasteiger partial charge in [-0.2, -0.15) is 10.4 Å². The molecular formula is C16H17BrN4O2S. The van der Waals surface area contributed by atoms with Crippen molar-refractivity contribution in [1.82, 2.24) is 14.1 Å². The molecule has 8 heteroatoms. The van der Waals surface area contributed by atoms with Crippen LogP contribution in [0.1, 0.15) is 24.4 Å². The van der Waals surface area contributed by atoms with Crippen LogP contribution in [-0.2, 0) is 10.0 Å². The van der Waals surface area contributed by atoms with E-state index in [1.54, 1.807) is 12.3 Å². The van der Waals surface area contributed by atoms with E-state index < -0.39 is 10.0 Å². The fraction of sp³-hybridized carbons (Fsp3) is 0.375. The summed E-state index contributed by atoms with van der Waals surface area (Å²) in [6.07, 6.45) is 6.41. The smallest absolute Gasteiger partial charge is 0.211 e. The lowest BCUT2D eigenvalue weighted by molar-refractivity contribution is 0.262. The van der Waals surface area contributed by atoms with Gasteiger partial charge < -0.3 is 0 Å². The lowest BCUT2D eigenvalue weighted by atomic mass is 10.0. The fourth-order valence-electron chi connectivity index (χ4n) is 2.98. The van der Waals surface area contributed by atoms with E-state index in [0.29, 0.717) is 18.7 Å². The molecule has 0 amide bonds. The normalized spacial score (nSPS) is 16.9. The van der Waals surface area contributed by atoms with Crippen molar-refractivity contribution in [3.63, 3.8) is 0 Å². The number of halogens is 1. The zero-order chi connectivity index (χ0) is 17.3. The van der Waals surface area contributed by atoms with Crippen molar-refractivity contribution in [3.05, 3.63) is 40.6 Å². The predicted molar refractivity (Wildman–Crippen MR) is 94.8 cm³/mol. The highest BCUT2D eigenvalue weighted by molar-refractivity contribution is 9.10. The van der Waals surface area contributed by atoms with Gasteiger partial charge >= 0.3 is 0 Å². The molecule has 1 aromatic heterocycles. The minimum Gasteiger partial charge on any atom is -0.269 e. The van der Waals surface area contributed by atoms with Gasteiger partial charge in [0.05, 0.1) is 30.1 Å². The molecule has 24 heavy (non-hydrogen) atoms. The van der Waals surface area contributed by atoms with Crippen LogP contribution in [0.4, 0.5) is 0 Å². The zero-order valence-corrected chi connectivity index (χ0v) is 15.6. The van der Waals surface area contributed by atoms with Crippen molar-refractivity contribution in [2.24, 2.45) is 0 Å². The Morgan fingerprint density at radius 2 is 2.04 bits per heavy atom. The second-order valence-corrected chi connectivity index (χ2v) is 8.80. The van der Waals surface area contributed by atoms with Crippen molar-refractivity contribution >= 4 is 26.0 Å². The van der Waals surface area contributed by atoms with Gasteiger partial charge in [0.2, 0.25) is 10.0 Å². The Morgan fingerprint density at radius 1 is 1.33 bits per heavy atom. The highest BCUT2D eigenvalue weighted by atomic mass is 79.9. The molecule has 0 N–H and O–H groups in total. The molecule has 0 atom stereocenters. The number of aromatic nitrogens is 2. The molecule has 0 unspecified atom stereocenters. The Hall–Kier alpha value is -1.69. The van der Waals surface area contributed by atoms with Crippen LogP contribution >= 0.6 is 15.9 Å². The zero-order valence-electron chi connectivity index (χ0n) is 13.2. The van der Waals surface area contributed by atoms with Gasteiger partial charge in [-0.05, 0) is 25.0 Å². The Balaban J connectivity index is 1.79. The van der Waals surface area contributed by atoms with E-state index >= 15 is 0 Å². The molecule has 2 aromatic rings. The molecular weight excluding hydrogens is 392 g/mol. The third-order valence-corrected chi connectivity index (χ3v) is 6.08. The summed E-state index contributed by atoms with van der Waals surface area (Å²) in [5.74, 6) is 0. The molecule has 126 valence electrons. The number of rotatable bonds is 3. The topological polar surface area (TPSA) is 79.0 Å². The molecule has 1 fully saturated rings. The number of hydrogen-bond acceptors (Lipinski definition) is 4. The average molecular weight is 409 g/mol. The maximum Gasteiger partial charge on any atom is 0.211 e. The van der Waals surface area contributed by atoms with Gasteiger partial charge in [0.15, 0.2) is 0 Å². The SMILES string of the molecule is CS(=O)(=O)N1CCC(n2cc(-c3ccc(Br)cc3C#N)cn2)CC1. The maximum atomic E-state index is 11.6. The van der Waals surface area contributed by atoms with Crippen LogP contribution in [0.5, 0.6) is 0 Å². The van der Waals surface area contributed by atoms with Crippen molar-refractivity contribution < 1.29 is 8.42 Å². The van der Waals surface area contributed by atoms with E-state index in [4.69, 9.17) is 0 Å². The molecule has 1 aromatic carbocycles. The van der Waals surface area contributed by atoms with Crippen LogP contribution in [0.15, 0.2) is 35.1 Å². The van der Waals surface area contributed by atoms with E-state index in [9.17, 15) is 13.7 Å². The summed E-state index contributed by atoms with van der Waals surface area (Å²) in [6.45, 7) is 1.03. The van der Waals surface area contributed by atoms with Crippen LogP contribution in [-0.4, -0.2) is 41.8 Å². The summed E-state index contributed by atoms with van der Waals surface area (Å²) in [4.78, 5) is 0. The summed E-state index contributed by atoms with van der Waals surface area (Å²) >= 11 is 3.37. The third-order valence-electron chi connectivity index (χ3n) is 4.28. The van der Waals surface area contributed by atoms with E-state index in [0.717, 1.165) is 28.4 Å². The highest BCUT2D eigenvalue weighted by Gasteiger charge is 2.26. The number of nitrogens with zero attached hydrogens (tertiary/aromatic N) is 4. The summed E-state index contributed by atoms with van der Waals surface area (Å²) < 4.78 is 27.4. The van der Waals surface area contributed by atoms with E-state index in [1.807, 2.05) is 23.0 Å². The first-order chi connectivity index (χ1) is 11.4. The van der Waals surface area contributed by atoms with Crippen molar-refractivity contribution in [2.75, 3.05) is 19.3 Å². The molecule has 0 saturated carbocycles. The van der Waals surface area contributed by atoms with Gasteiger partial charge in [-0.3, -0.25) is 4.68 Å². The Labute approximate surface area is 149 Å². The molecule has 0 radical (unpaired) electrons. The van der Waals surface area contributed by atoms with Gasteiger partial charge in [0.25, 0.3) is 0 Å². The monoisotopic (exact) mass is 408 g/mol. The number of nitriles is 1. The second kappa shape index (κ2) is 6.67. The van der Waals surface area contributed by atoms with Crippen molar-refractivity contribution in [1.29, 1.82) is 5.26 Å². The molecule has 2 heterocycles. The average Bonchev–Trinajstić information content (AvgIpc) is 3.03. The third kappa shape index (κ3) is 3.53. The predicted octanol–water partition coefficient (Wildman–Crippen LogP) is 2.78. The van der Waals surface area contributed by atoms with Gasteiger partial charge in [-0.15, -0.1) is 0 Å². The molecule has 1 saturated heterocycles. The molecule has 0 aliphatic carbocycles. The fourth-order valence-corrected chi connectivity index (χ4v) is 4.21. The first-order valence-electron chi connectivity index (χ1n) is 7.58. The lowest BCUT2D eigenvalue weighted by Crippen LogP contribution is -2.38. The van der Waals surface area contributed by atoms with Gasteiger partial charge in [-0.25, -0.2) is 12.7 Å². The second-order valence-electron chi connectivity index (χ2n) is 5.90. The van der Waals surface area contributed by atoms with E-state index in [1.165, 1.54) is 10.6 Å². The lowest BCUT2D eigenvalue weighted by Gasteiger charge is -2.30. The first-order valence-corrected chi connectivity index (χ1v) is 10.2. The standard InChI is InChI=1S/C16H17BrN4O2S/c1-24(22,23)20-6-4-15(5-7-20)21-11-13(10-19-21)16-3-2-14(17)8-12(16)9-18/h2-3,8,10-11,15H,4-7H2,1H3. The summed E-state index contributed by atoms with van der Waals surface area (Å²) in [6, 6.07) is 7.97. The minimum atomic E-state index is -3.12. The summed E-state index contributed by atoms with van der Waals surface area (Å²) in [5, 5.41) is 13.7. The van der Waals surface area contributed by atoms with Gasteiger partial charge in [0.1, 0.15) is 0 Å². The van der Waals surface area contributed by atoms with Crippen LogP contribution in [0, 0.1) is 11.3 Å². The Kier molecular flexibility index (Phi) is 4.76. The molecule has 3 rings (SSSR count). The van der Waals surface area contributed by atoms with Crippen molar-refractivity contribution in [3.8, 4) is 17.2 Å². The number of hydrogen-bond donors (Lipinski definition) is 0. The van der Waals surface area contributed by atoms with Crippen LogP contribution < -0.4 is 0 Å². The van der Waals surface area contributed by atoms with Crippen LogP contribution in [0.2, 0.25) is 0 Å². The van der Waals surface area contributed by atoms with E-state index in [2.05, 4.69) is 27.1 Å². The molecule has 6 nitrogen and oxygen atoms in total. The first kappa shape index (κ1) is 17.1. The molecule has 1 aliphatic rings. The molecule has 0 spiro atoms. The largest absolute Gasteiger partial charge is 0.269 e. The van der Waals surface area contributed by atoms with E-state index in [-0.39, 0.29) is 6.04 Å². The quantitative estimate of drug-likeness (QED) is 0.781. The van der Waals surface area contributed by atoms with Crippen LogP contribution in [0.25, 0.3) is 11.1 Å². The summed E-state index contributed by atoms with van der Waals surface area (Å²) in [7, 11) is -3.12. The maximum absolute atomic E-state index is 11.6.